The molecule has 9 nitrogen and oxygen atoms in total. The molecule has 184 valence electrons. The van der Waals surface area contributed by atoms with Crippen LogP contribution in [0.5, 0.6) is 5.75 Å². The standard InChI is InChI=1S/C25H28FN5O4/c1-13-21(25(34)30-18-7-8-31(14(2)32)10-19(18)33)23-24(29-13)22(27-12-28-23)17-6-5-16(26)9-20(17)35-11-15-3-4-15/h5-6,9,12,15,18-19,29,33H,3-4,7-8,10-11H2,1-2H3,(H,30,34)/t18-,19-/m0/s1. The molecule has 0 radical (unpaired) electrons. The van der Waals surface area contributed by atoms with E-state index in [9.17, 15) is 19.1 Å². The van der Waals surface area contributed by atoms with Crippen molar-refractivity contribution >= 4 is 22.8 Å². The summed E-state index contributed by atoms with van der Waals surface area (Å²) in [6.07, 6.45) is 3.18. The van der Waals surface area contributed by atoms with Crippen LogP contribution in [0.3, 0.4) is 0 Å². The molecular formula is C25H28FN5O4. The van der Waals surface area contributed by atoms with Gasteiger partial charge >= 0.3 is 0 Å². The van der Waals surface area contributed by atoms with Crippen molar-refractivity contribution in [3.8, 4) is 17.0 Å². The maximum absolute atomic E-state index is 14.0. The molecule has 1 aromatic carbocycles. The van der Waals surface area contributed by atoms with Crippen LogP contribution in [0.1, 0.15) is 42.2 Å². The Morgan fingerprint density at radius 3 is 2.80 bits per heavy atom. The molecule has 0 bridgehead atoms. The average Bonchev–Trinajstić information content (AvgIpc) is 3.58. The van der Waals surface area contributed by atoms with E-state index in [1.807, 2.05) is 0 Å². The van der Waals surface area contributed by atoms with E-state index in [0.29, 0.717) is 64.8 Å². The van der Waals surface area contributed by atoms with Crippen molar-refractivity contribution < 1.29 is 23.8 Å². The molecule has 2 fully saturated rings. The summed E-state index contributed by atoms with van der Waals surface area (Å²) in [5.74, 6) is 0.0181. The zero-order chi connectivity index (χ0) is 24.7. The molecule has 2 atom stereocenters. The van der Waals surface area contributed by atoms with Gasteiger partial charge in [0.15, 0.2) is 0 Å². The second-order valence-corrected chi connectivity index (χ2v) is 9.37. The number of aromatic nitrogens is 3. The first-order valence-electron chi connectivity index (χ1n) is 11.8. The number of β-amino-alcohol motifs (C(OH)–C–C–N with tert-alkyl or cyclic N) is 1. The number of halogens is 1. The third kappa shape index (κ3) is 4.70. The van der Waals surface area contributed by atoms with Gasteiger partial charge in [0.1, 0.15) is 29.1 Å². The van der Waals surface area contributed by atoms with Crippen LogP contribution in [0.4, 0.5) is 4.39 Å². The maximum Gasteiger partial charge on any atom is 0.255 e. The number of ether oxygens (including phenoxy) is 1. The van der Waals surface area contributed by atoms with Gasteiger partial charge in [0.25, 0.3) is 5.91 Å². The van der Waals surface area contributed by atoms with Crippen LogP contribution in [-0.2, 0) is 4.79 Å². The Labute approximate surface area is 201 Å². The number of nitrogens with one attached hydrogen (secondary N) is 2. The molecule has 1 saturated heterocycles. The monoisotopic (exact) mass is 481 g/mol. The molecule has 2 amide bonds. The normalized spacial score (nSPS) is 20.2. The lowest BCUT2D eigenvalue weighted by atomic mass is 10.0. The van der Waals surface area contributed by atoms with Gasteiger partial charge in [0.2, 0.25) is 5.91 Å². The van der Waals surface area contributed by atoms with E-state index in [2.05, 4.69) is 20.3 Å². The summed E-state index contributed by atoms with van der Waals surface area (Å²) in [4.78, 5) is 38.4. The van der Waals surface area contributed by atoms with Crippen molar-refractivity contribution in [2.24, 2.45) is 5.92 Å². The van der Waals surface area contributed by atoms with Gasteiger partial charge in [-0.05, 0) is 44.2 Å². The van der Waals surface area contributed by atoms with Crippen molar-refractivity contribution in [2.75, 3.05) is 19.7 Å². The van der Waals surface area contributed by atoms with Crippen LogP contribution >= 0.6 is 0 Å². The van der Waals surface area contributed by atoms with Crippen LogP contribution in [0, 0.1) is 18.7 Å². The summed E-state index contributed by atoms with van der Waals surface area (Å²) in [6.45, 7) is 4.39. The number of benzene rings is 1. The number of nitrogens with zero attached hydrogens (tertiary/aromatic N) is 3. The molecule has 1 aliphatic heterocycles. The molecule has 1 saturated carbocycles. The van der Waals surface area contributed by atoms with Crippen LogP contribution in [-0.4, -0.2) is 68.6 Å². The molecule has 3 N–H and O–H groups in total. The Morgan fingerprint density at radius 1 is 1.29 bits per heavy atom. The van der Waals surface area contributed by atoms with Crippen molar-refractivity contribution in [3.05, 3.63) is 41.6 Å². The summed E-state index contributed by atoms with van der Waals surface area (Å²) in [5.41, 5.74) is 3.05. The molecule has 2 aliphatic rings. The third-order valence-corrected chi connectivity index (χ3v) is 6.71. The number of carbonyl (C=O) groups excluding carboxylic acids is 2. The summed E-state index contributed by atoms with van der Waals surface area (Å²) in [7, 11) is 0. The highest BCUT2D eigenvalue weighted by atomic mass is 19.1. The third-order valence-electron chi connectivity index (χ3n) is 6.71. The van der Waals surface area contributed by atoms with Gasteiger partial charge in [-0.25, -0.2) is 14.4 Å². The number of aromatic amines is 1. The highest BCUT2D eigenvalue weighted by Crippen LogP contribution is 2.36. The lowest BCUT2D eigenvalue weighted by molar-refractivity contribution is -0.132. The average molecular weight is 482 g/mol. The van der Waals surface area contributed by atoms with Gasteiger partial charge in [-0.3, -0.25) is 9.59 Å². The predicted octanol–water partition coefficient (Wildman–Crippen LogP) is 2.57. The number of carbonyl (C=O) groups is 2. The highest BCUT2D eigenvalue weighted by molar-refractivity contribution is 6.09. The number of piperidine rings is 1. The minimum absolute atomic E-state index is 0.105. The number of aliphatic hydroxyl groups excluding tert-OH is 1. The first-order valence-corrected chi connectivity index (χ1v) is 11.8. The van der Waals surface area contributed by atoms with E-state index >= 15 is 0 Å². The highest BCUT2D eigenvalue weighted by Gasteiger charge is 2.32. The fourth-order valence-corrected chi connectivity index (χ4v) is 4.53. The van der Waals surface area contributed by atoms with Crippen molar-refractivity contribution in [3.63, 3.8) is 0 Å². The number of amides is 2. The van der Waals surface area contributed by atoms with Crippen LogP contribution in [0.15, 0.2) is 24.5 Å². The molecule has 2 aromatic heterocycles. The van der Waals surface area contributed by atoms with E-state index in [1.54, 1.807) is 17.9 Å². The van der Waals surface area contributed by atoms with E-state index in [0.717, 1.165) is 12.8 Å². The summed E-state index contributed by atoms with van der Waals surface area (Å²) >= 11 is 0. The number of aryl methyl sites for hydroxylation is 1. The number of hydrogen-bond donors (Lipinski definition) is 3. The summed E-state index contributed by atoms with van der Waals surface area (Å²) in [6, 6.07) is 3.84. The number of likely N-dealkylation sites (tertiary alicyclic amines) is 1. The predicted molar refractivity (Wildman–Crippen MR) is 126 cm³/mol. The lowest BCUT2D eigenvalue weighted by Gasteiger charge is -2.35. The van der Waals surface area contributed by atoms with Gasteiger partial charge in [-0.2, -0.15) is 0 Å². The molecule has 0 spiro atoms. The largest absolute Gasteiger partial charge is 0.492 e. The molecule has 0 unspecified atom stereocenters. The molecule has 3 aromatic rings. The Balaban J connectivity index is 1.44. The first kappa shape index (κ1) is 23.2. The van der Waals surface area contributed by atoms with Crippen molar-refractivity contribution in [2.45, 2.75) is 45.3 Å². The van der Waals surface area contributed by atoms with Gasteiger partial charge < -0.3 is 25.0 Å². The Morgan fingerprint density at radius 2 is 2.09 bits per heavy atom. The molecular weight excluding hydrogens is 453 g/mol. The van der Waals surface area contributed by atoms with E-state index in [4.69, 9.17) is 4.74 Å². The lowest BCUT2D eigenvalue weighted by Crippen LogP contribution is -2.55. The number of fused-ring (bicyclic) bond motifs is 1. The Kier molecular flexibility index (Phi) is 6.14. The molecule has 10 heteroatoms. The van der Waals surface area contributed by atoms with Crippen molar-refractivity contribution in [1.82, 2.24) is 25.2 Å². The topological polar surface area (TPSA) is 120 Å². The summed E-state index contributed by atoms with van der Waals surface area (Å²) < 4.78 is 19.9. The van der Waals surface area contributed by atoms with Crippen LogP contribution in [0.2, 0.25) is 0 Å². The first-order chi connectivity index (χ1) is 16.8. The number of H-pyrrole nitrogens is 1. The Bertz CT molecular complexity index is 1290. The van der Waals surface area contributed by atoms with Gasteiger partial charge in [0.05, 0.1) is 29.8 Å². The number of hydrogen-bond acceptors (Lipinski definition) is 6. The second kappa shape index (κ2) is 9.26. The van der Waals surface area contributed by atoms with Gasteiger partial charge in [-0.15, -0.1) is 0 Å². The van der Waals surface area contributed by atoms with Gasteiger partial charge in [0, 0.05) is 37.3 Å². The maximum atomic E-state index is 14.0. The molecule has 1 aliphatic carbocycles. The van der Waals surface area contributed by atoms with Crippen LogP contribution in [0.25, 0.3) is 22.3 Å². The quantitative estimate of drug-likeness (QED) is 0.498. The zero-order valence-electron chi connectivity index (χ0n) is 19.7. The molecule has 3 heterocycles. The minimum Gasteiger partial charge on any atom is -0.492 e. The van der Waals surface area contributed by atoms with Crippen LogP contribution < -0.4 is 10.1 Å². The second-order valence-electron chi connectivity index (χ2n) is 9.37. The Hall–Kier alpha value is -3.53. The SMILES string of the molecule is CC(=O)N1CC[C@H](NC(=O)c2c(C)[nH]c3c(-c4ccc(F)cc4OCC4CC4)ncnc23)[C@@H](O)C1. The fourth-order valence-electron chi connectivity index (χ4n) is 4.53. The fraction of sp³-hybridized carbons (Fsp3) is 0.440. The van der Waals surface area contributed by atoms with E-state index in [1.165, 1.54) is 25.4 Å². The van der Waals surface area contributed by atoms with Gasteiger partial charge in [-0.1, -0.05) is 0 Å². The zero-order valence-corrected chi connectivity index (χ0v) is 19.7. The van der Waals surface area contributed by atoms with E-state index < -0.39 is 18.0 Å². The number of rotatable bonds is 6. The number of aliphatic hydroxyl groups is 1. The molecule has 35 heavy (non-hydrogen) atoms. The smallest absolute Gasteiger partial charge is 0.255 e. The van der Waals surface area contributed by atoms with Crippen molar-refractivity contribution in [1.29, 1.82) is 0 Å². The summed E-state index contributed by atoms with van der Waals surface area (Å²) in [5, 5.41) is 13.4. The molecule has 5 rings (SSSR count). The minimum atomic E-state index is -0.863. The van der Waals surface area contributed by atoms with E-state index in [-0.39, 0.29) is 18.4 Å².